The Hall–Kier alpha value is -2.72. The summed E-state index contributed by atoms with van der Waals surface area (Å²) in [5.41, 5.74) is 5.36. The highest BCUT2D eigenvalue weighted by Crippen LogP contribution is 2.40. The zero-order valence-electron chi connectivity index (χ0n) is 39.9. The molecule has 4 fully saturated rings. The number of carboxylic acids is 1. The smallest absolute Gasteiger partial charge is 0.332 e. The van der Waals surface area contributed by atoms with Crippen LogP contribution in [0.1, 0.15) is 85.0 Å². The van der Waals surface area contributed by atoms with Gasteiger partial charge in [0.05, 0.1) is 77.8 Å². The van der Waals surface area contributed by atoms with Crippen molar-refractivity contribution >= 4 is 23.7 Å². The molecule has 2 aliphatic carbocycles. The monoisotopic (exact) mass is 981 g/mol. The molecule has 23 heteroatoms. The normalized spacial score (nSPS) is 32.8. The molecule has 0 radical (unpaired) electrons. The highest BCUT2D eigenvalue weighted by atomic mass is 16.7. The molecule has 11 N–H and O–H groups in total. The van der Waals surface area contributed by atoms with Crippen molar-refractivity contribution in [2.24, 2.45) is 23.5 Å². The first-order valence-electron chi connectivity index (χ1n) is 24.3. The van der Waals surface area contributed by atoms with Gasteiger partial charge in [0.15, 0.2) is 18.7 Å². The van der Waals surface area contributed by atoms with Crippen molar-refractivity contribution in [3.8, 4) is 0 Å². The van der Waals surface area contributed by atoms with Crippen LogP contribution in [0.15, 0.2) is 0 Å². The number of carbonyl (C=O) groups excluding carboxylic acids is 3. The van der Waals surface area contributed by atoms with Gasteiger partial charge in [-0.1, -0.05) is 45.4 Å². The van der Waals surface area contributed by atoms with Crippen molar-refractivity contribution in [1.29, 1.82) is 0 Å². The van der Waals surface area contributed by atoms with Crippen molar-refractivity contribution in [2.45, 2.75) is 165 Å². The maximum absolute atomic E-state index is 13.8. The van der Waals surface area contributed by atoms with E-state index < -0.39 is 110 Å². The van der Waals surface area contributed by atoms with Crippen LogP contribution in [0.2, 0.25) is 0 Å². The number of aliphatic hydroxyl groups is 5. The Morgan fingerprint density at radius 2 is 1.38 bits per heavy atom. The maximum atomic E-state index is 13.8. The van der Waals surface area contributed by atoms with Crippen LogP contribution in [0, 0.1) is 17.8 Å². The van der Waals surface area contributed by atoms with Gasteiger partial charge in [-0.2, -0.15) is 0 Å². The zero-order valence-corrected chi connectivity index (χ0v) is 39.9. The van der Waals surface area contributed by atoms with Crippen LogP contribution < -0.4 is 21.7 Å². The molecule has 0 aromatic carbocycles. The van der Waals surface area contributed by atoms with Gasteiger partial charge in [-0.05, 0) is 38.0 Å². The van der Waals surface area contributed by atoms with Crippen molar-refractivity contribution in [3.63, 3.8) is 0 Å². The number of carboxylic acid groups (broad SMARTS) is 1. The van der Waals surface area contributed by atoms with Gasteiger partial charge in [0.25, 0.3) is 0 Å². The van der Waals surface area contributed by atoms with Gasteiger partial charge in [-0.25, -0.2) is 4.79 Å². The lowest BCUT2D eigenvalue weighted by atomic mass is 9.75. The van der Waals surface area contributed by atoms with Crippen molar-refractivity contribution in [3.05, 3.63) is 0 Å². The van der Waals surface area contributed by atoms with Crippen molar-refractivity contribution in [2.75, 3.05) is 79.1 Å². The van der Waals surface area contributed by atoms with Gasteiger partial charge >= 0.3 is 5.97 Å². The summed E-state index contributed by atoms with van der Waals surface area (Å²) in [6, 6.07) is -1.33. The van der Waals surface area contributed by atoms with Crippen LogP contribution in [0.4, 0.5) is 0 Å². The average Bonchev–Trinajstić information content (AvgIpc) is 3.32. The Morgan fingerprint density at radius 1 is 0.750 bits per heavy atom. The van der Waals surface area contributed by atoms with Gasteiger partial charge in [0, 0.05) is 38.9 Å². The van der Waals surface area contributed by atoms with E-state index in [0.29, 0.717) is 59.2 Å². The summed E-state index contributed by atoms with van der Waals surface area (Å²) in [6.07, 6.45) is -10.9. The van der Waals surface area contributed by atoms with Crippen molar-refractivity contribution < 1.29 is 92.4 Å². The summed E-state index contributed by atoms with van der Waals surface area (Å²) in [5, 5.41) is 72.5. The summed E-state index contributed by atoms with van der Waals surface area (Å²) in [4.78, 5) is 51.7. The van der Waals surface area contributed by atoms with Crippen LogP contribution >= 0.6 is 0 Å². The topological polar surface area (TPSA) is 335 Å². The van der Waals surface area contributed by atoms with Crippen LogP contribution in [-0.4, -0.2) is 213 Å². The number of aliphatic carboxylic acids is 1. The highest BCUT2D eigenvalue weighted by molar-refractivity contribution is 5.79. The molecule has 68 heavy (non-hydrogen) atoms. The summed E-state index contributed by atoms with van der Waals surface area (Å²) in [7, 11) is 0. The van der Waals surface area contributed by atoms with E-state index in [-0.39, 0.29) is 63.1 Å². The molecule has 15 atom stereocenters. The Kier molecular flexibility index (Phi) is 26.3. The molecular formula is C45H80N4O19. The number of nitrogens with one attached hydrogen (secondary N) is 3. The van der Waals surface area contributed by atoms with Crippen LogP contribution in [0.5, 0.6) is 0 Å². The number of nitrogens with two attached hydrogens (primary N) is 1. The van der Waals surface area contributed by atoms with Gasteiger partial charge in [0.1, 0.15) is 42.7 Å². The van der Waals surface area contributed by atoms with Gasteiger partial charge < -0.3 is 95.0 Å². The fourth-order valence-electron chi connectivity index (χ4n) is 9.21. The number of amides is 3. The number of hydrogen-bond acceptors (Lipinski definition) is 19. The minimum Gasteiger partial charge on any atom is -0.479 e. The highest BCUT2D eigenvalue weighted by Gasteiger charge is 2.53. The van der Waals surface area contributed by atoms with E-state index in [1.165, 1.54) is 13.8 Å². The predicted octanol–water partition coefficient (Wildman–Crippen LogP) is -1.94. The maximum Gasteiger partial charge on any atom is 0.332 e. The van der Waals surface area contributed by atoms with E-state index >= 15 is 0 Å². The first-order chi connectivity index (χ1) is 32.7. The summed E-state index contributed by atoms with van der Waals surface area (Å²) < 4.78 is 52.7. The van der Waals surface area contributed by atoms with E-state index in [9.17, 15) is 49.8 Å². The molecule has 3 amide bonds. The number of hydrogen-bond donors (Lipinski definition) is 10. The molecule has 2 aliphatic heterocycles. The third-order valence-electron chi connectivity index (χ3n) is 12.9. The molecule has 0 spiro atoms. The SMILES string of the molecule is CCC1CC(C(=O)NCCNC(=O)CCOCCOCCOCCOCCN)C[C@@H](O[C@@H]2OC(CO)[C@H](O)C(O[C@@H](CC3CCCCC3)C(=O)O)C2NC(C)=O)[C@@H]1O[C@@H]1OC(C)[C@@H](O)[C@H](O)C1O. The second-order valence-corrected chi connectivity index (χ2v) is 18.0. The molecule has 0 aromatic heterocycles. The second kappa shape index (κ2) is 30.9. The largest absolute Gasteiger partial charge is 0.479 e. The van der Waals surface area contributed by atoms with E-state index in [2.05, 4.69) is 16.0 Å². The predicted molar refractivity (Wildman–Crippen MR) is 238 cm³/mol. The van der Waals surface area contributed by atoms with E-state index in [1.807, 2.05) is 6.92 Å². The van der Waals surface area contributed by atoms with E-state index in [0.717, 1.165) is 32.1 Å². The Morgan fingerprint density at radius 3 is 1.99 bits per heavy atom. The molecule has 7 unspecified atom stereocenters. The minimum absolute atomic E-state index is 0.0227. The summed E-state index contributed by atoms with van der Waals surface area (Å²) in [5.74, 6) is -3.57. The second-order valence-electron chi connectivity index (χ2n) is 18.0. The standard InChI is InChI=1S/C45H80N4O19/c1-4-29-23-30(42(57)48-13-12-47-34(52)10-14-60-16-18-62-20-21-63-19-17-61-15-11-46)24-31(40(29)68-45-39(56)38(55)36(53)26(2)64-45)66-44-35(49-27(3)51)41(37(54)33(25-50)67-44)65-32(43(58)59)22-28-8-6-5-7-9-28/h26,28-33,35-41,44-45,50,53-56H,4-25,46H2,1-3H3,(H,47,52)(H,48,57)(H,49,51)(H,58,59)/t26?,29?,30?,31-,32+,33?,35?,36-,37+,38+,39?,40-,41?,44-,45+/m1/s1. The summed E-state index contributed by atoms with van der Waals surface area (Å²) in [6.45, 7) is 7.53. The van der Waals surface area contributed by atoms with Gasteiger partial charge in [-0.3, -0.25) is 14.4 Å². The average molecular weight is 981 g/mol. The van der Waals surface area contributed by atoms with E-state index in [1.54, 1.807) is 0 Å². The molecule has 0 bridgehead atoms. The Bertz CT molecular complexity index is 1480. The number of carbonyl (C=O) groups is 4. The number of rotatable bonds is 30. The molecule has 4 aliphatic rings. The van der Waals surface area contributed by atoms with Crippen LogP contribution in [0.25, 0.3) is 0 Å². The first-order valence-corrected chi connectivity index (χ1v) is 24.3. The minimum atomic E-state index is -1.67. The molecule has 2 saturated carbocycles. The molecule has 4 rings (SSSR count). The van der Waals surface area contributed by atoms with Gasteiger partial charge in [-0.15, -0.1) is 0 Å². The Balaban J connectivity index is 1.41. The fraction of sp³-hybridized carbons (Fsp3) is 0.911. The molecule has 2 heterocycles. The number of ether oxygens (including phenoxy) is 9. The van der Waals surface area contributed by atoms with Crippen molar-refractivity contribution in [1.82, 2.24) is 16.0 Å². The number of aliphatic hydroxyl groups excluding tert-OH is 5. The third-order valence-corrected chi connectivity index (χ3v) is 12.9. The molecular weight excluding hydrogens is 901 g/mol. The fourth-order valence-corrected chi connectivity index (χ4v) is 9.21. The van der Waals surface area contributed by atoms with Crippen LogP contribution in [0.3, 0.4) is 0 Å². The Labute approximate surface area is 398 Å². The zero-order chi connectivity index (χ0) is 49.6. The molecule has 2 saturated heterocycles. The third kappa shape index (κ3) is 18.5. The summed E-state index contributed by atoms with van der Waals surface area (Å²) >= 11 is 0. The quantitative estimate of drug-likeness (QED) is 0.0350. The lowest BCUT2D eigenvalue weighted by molar-refractivity contribution is -0.338. The lowest BCUT2D eigenvalue weighted by Gasteiger charge is -2.49. The molecule has 394 valence electrons. The van der Waals surface area contributed by atoms with Crippen LogP contribution in [-0.2, 0) is 61.8 Å². The first kappa shape index (κ1) is 57.9. The van der Waals surface area contributed by atoms with Gasteiger partial charge in [0.2, 0.25) is 17.7 Å². The lowest BCUT2D eigenvalue weighted by Crippen LogP contribution is -2.67. The molecule has 23 nitrogen and oxygen atoms in total. The van der Waals surface area contributed by atoms with E-state index in [4.69, 9.17) is 48.4 Å². The molecule has 0 aromatic rings.